The number of nitrogens with zero attached hydrogens (tertiary/aromatic N) is 3. The first kappa shape index (κ1) is 18.0. The normalized spacial score (nSPS) is 18.2. The van der Waals surface area contributed by atoms with Crippen molar-refractivity contribution in [1.82, 2.24) is 9.29 Å². The SMILES string of the molecule is Cc1cccc([N+](=O)[O-])c1S(=O)(=O)N1CCCC1c1nc2ccccc2s1. The number of aryl methyl sites for hydroxylation is 1. The van der Waals surface area contributed by atoms with Crippen molar-refractivity contribution in [2.24, 2.45) is 0 Å². The van der Waals surface area contributed by atoms with Gasteiger partial charge in [0.15, 0.2) is 4.90 Å². The molecule has 1 atom stereocenters. The minimum Gasteiger partial charge on any atom is -0.258 e. The van der Waals surface area contributed by atoms with Gasteiger partial charge in [0, 0.05) is 12.6 Å². The van der Waals surface area contributed by atoms with Gasteiger partial charge in [-0.2, -0.15) is 4.31 Å². The largest absolute Gasteiger partial charge is 0.289 e. The second-order valence-corrected chi connectivity index (χ2v) is 9.36. The summed E-state index contributed by atoms with van der Waals surface area (Å²) < 4.78 is 29.1. The van der Waals surface area contributed by atoms with Crippen LogP contribution in [0, 0.1) is 17.0 Å². The molecule has 2 heterocycles. The topological polar surface area (TPSA) is 93.4 Å². The molecule has 1 saturated heterocycles. The third-order valence-corrected chi connectivity index (χ3v) is 7.99. The number of nitro benzene ring substituents is 1. The summed E-state index contributed by atoms with van der Waals surface area (Å²) in [7, 11) is -4.02. The van der Waals surface area contributed by atoms with Crippen LogP contribution < -0.4 is 0 Å². The predicted octanol–water partition coefficient (Wildman–Crippen LogP) is 4.04. The Bertz CT molecular complexity index is 1110. The number of fused-ring (bicyclic) bond motifs is 1. The van der Waals surface area contributed by atoms with Crippen molar-refractivity contribution < 1.29 is 13.3 Å². The predicted molar refractivity (Wildman–Crippen MR) is 103 cm³/mol. The van der Waals surface area contributed by atoms with Crippen molar-refractivity contribution in [2.75, 3.05) is 6.54 Å². The molecule has 1 fully saturated rings. The fraction of sp³-hybridized carbons (Fsp3) is 0.278. The Labute approximate surface area is 160 Å². The zero-order chi connectivity index (χ0) is 19.2. The number of benzene rings is 2. The second-order valence-electron chi connectivity index (χ2n) is 6.47. The van der Waals surface area contributed by atoms with E-state index in [0.29, 0.717) is 24.9 Å². The Hall–Kier alpha value is -2.36. The van der Waals surface area contributed by atoms with Crippen molar-refractivity contribution in [3.05, 3.63) is 63.1 Å². The fourth-order valence-electron chi connectivity index (χ4n) is 3.54. The van der Waals surface area contributed by atoms with Crippen LogP contribution in [0.25, 0.3) is 10.2 Å². The molecule has 1 aliphatic heterocycles. The molecule has 0 saturated carbocycles. The molecule has 0 aliphatic carbocycles. The summed E-state index contributed by atoms with van der Waals surface area (Å²) in [6, 6.07) is 11.6. The molecular formula is C18H17N3O4S2. The van der Waals surface area contributed by atoms with Crippen LogP contribution in [0.4, 0.5) is 5.69 Å². The van der Waals surface area contributed by atoms with E-state index in [1.54, 1.807) is 13.0 Å². The van der Waals surface area contributed by atoms with Crippen molar-refractivity contribution >= 4 is 37.3 Å². The van der Waals surface area contributed by atoms with E-state index in [-0.39, 0.29) is 10.6 Å². The number of aromatic nitrogens is 1. The summed E-state index contributed by atoms with van der Waals surface area (Å²) in [4.78, 5) is 15.2. The molecule has 1 aromatic heterocycles. The van der Waals surface area contributed by atoms with Crippen molar-refractivity contribution in [1.29, 1.82) is 0 Å². The monoisotopic (exact) mass is 403 g/mol. The summed E-state index contributed by atoms with van der Waals surface area (Å²) in [5, 5.41) is 12.1. The third-order valence-electron chi connectivity index (χ3n) is 4.75. The van der Waals surface area contributed by atoms with E-state index in [1.807, 2.05) is 24.3 Å². The van der Waals surface area contributed by atoms with E-state index in [4.69, 9.17) is 0 Å². The lowest BCUT2D eigenvalue weighted by atomic mass is 10.2. The molecule has 27 heavy (non-hydrogen) atoms. The van der Waals surface area contributed by atoms with Crippen LogP contribution in [0.1, 0.15) is 29.5 Å². The van der Waals surface area contributed by atoms with E-state index < -0.39 is 21.0 Å². The summed E-state index contributed by atoms with van der Waals surface area (Å²) in [6.07, 6.45) is 1.35. The molecule has 3 aromatic rings. The first-order valence-electron chi connectivity index (χ1n) is 8.51. The molecule has 0 radical (unpaired) electrons. The van der Waals surface area contributed by atoms with Crippen LogP contribution in [0.2, 0.25) is 0 Å². The van der Waals surface area contributed by atoms with Crippen LogP contribution in [0.3, 0.4) is 0 Å². The molecule has 140 valence electrons. The average Bonchev–Trinajstić information content (AvgIpc) is 3.28. The zero-order valence-corrected chi connectivity index (χ0v) is 16.2. The Morgan fingerprint density at radius 2 is 2.00 bits per heavy atom. The molecule has 0 spiro atoms. The lowest BCUT2D eigenvalue weighted by molar-refractivity contribution is -0.387. The molecule has 4 rings (SSSR count). The highest BCUT2D eigenvalue weighted by molar-refractivity contribution is 7.89. The van der Waals surface area contributed by atoms with Gasteiger partial charge in [0.25, 0.3) is 15.7 Å². The second kappa shape index (κ2) is 6.66. The number of sulfonamides is 1. The van der Waals surface area contributed by atoms with E-state index in [0.717, 1.165) is 15.2 Å². The molecule has 9 heteroatoms. The van der Waals surface area contributed by atoms with Gasteiger partial charge in [-0.15, -0.1) is 11.3 Å². The van der Waals surface area contributed by atoms with Crippen LogP contribution in [0.5, 0.6) is 0 Å². The Morgan fingerprint density at radius 3 is 2.74 bits per heavy atom. The first-order chi connectivity index (χ1) is 12.9. The van der Waals surface area contributed by atoms with E-state index >= 15 is 0 Å². The number of thiazole rings is 1. The maximum atomic E-state index is 13.4. The van der Waals surface area contributed by atoms with Crippen LogP contribution in [-0.2, 0) is 10.0 Å². The van der Waals surface area contributed by atoms with Gasteiger partial charge in [-0.05, 0) is 37.5 Å². The molecular weight excluding hydrogens is 386 g/mol. The molecule has 2 aromatic carbocycles. The van der Waals surface area contributed by atoms with Gasteiger partial charge in [0.2, 0.25) is 0 Å². The highest BCUT2D eigenvalue weighted by atomic mass is 32.2. The van der Waals surface area contributed by atoms with Gasteiger partial charge >= 0.3 is 0 Å². The van der Waals surface area contributed by atoms with Crippen LogP contribution in [0.15, 0.2) is 47.4 Å². The molecule has 0 N–H and O–H groups in total. The summed E-state index contributed by atoms with van der Waals surface area (Å²) in [5.41, 5.74) is 0.827. The molecule has 0 amide bonds. The van der Waals surface area contributed by atoms with Gasteiger partial charge in [-0.25, -0.2) is 13.4 Å². The number of hydrogen-bond donors (Lipinski definition) is 0. The van der Waals surface area contributed by atoms with E-state index in [1.165, 1.54) is 27.8 Å². The lowest BCUT2D eigenvalue weighted by Gasteiger charge is -2.23. The number of rotatable bonds is 4. The fourth-order valence-corrected chi connectivity index (χ4v) is 6.75. The highest BCUT2D eigenvalue weighted by Crippen LogP contribution is 2.41. The number of nitro groups is 1. The van der Waals surface area contributed by atoms with Crippen LogP contribution >= 0.6 is 11.3 Å². The highest BCUT2D eigenvalue weighted by Gasteiger charge is 2.41. The maximum Gasteiger partial charge on any atom is 0.289 e. The van der Waals surface area contributed by atoms with Gasteiger partial charge in [0.05, 0.1) is 21.2 Å². The minimum atomic E-state index is -4.02. The Kier molecular flexibility index (Phi) is 4.45. The van der Waals surface area contributed by atoms with Gasteiger partial charge in [0.1, 0.15) is 5.01 Å². The average molecular weight is 403 g/mol. The Balaban J connectivity index is 1.81. The summed E-state index contributed by atoms with van der Waals surface area (Å²) in [6.45, 7) is 1.91. The summed E-state index contributed by atoms with van der Waals surface area (Å²) >= 11 is 1.47. The number of para-hydroxylation sites is 1. The molecule has 1 aliphatic rings. The smallest absolute Gasteiger partial charge is 0.258 e. The van der Waals surface area contributed by atoms with Gasteiger partial charge in [-0.3, -0.25) is 10.1 Å². The van der Waals surface area contributed by atoms with Crippen LogP contribution in [-0.4, -0.2) is 29.2 Å². The van der Waals surface area contributed by atoms with E-state index in [2.05, 4.69) is 4.98 Å². The van der Waals surface area contributed by atoms with E-state index in [9.17, 15) is 18.5 Å². The first-order valence-corrected chi connectivity index (χ1v) is 10.8. The molecule has 7 nitrogen and oxygen atoms in total. The van der Waals surface area contributed by atoms with Crippen molar-refractivity contribution in [3.8, 4) is 0 Å². The van der Waals surface area contributed by atoms with Gasteiger partial charge in [-0.1, -0.05) is 24.3 Å². The maximum absolute atomic E-state index is 13.4. The van der Waals surface area contributed by atoms with Crippen molar-refractivity contribution in [3.63, 3.8) is 0 Å². The lowest BCUT2D eigenvalue weighted by Crippen LogP contribution is -2.31. The minimum absolute atomic E-state index is 0.219. The summed E-state index contributed by atoms with van der Waals surface area (Å²) in [5.74, 6) is 0. The Morgan fingerprint density at radius 1 is 1.22 bits per heavy atom. The van der Waals surface area contributed by atoms with Crippen molar-refractivity contribution in [2.45, 2.75) is 30.7 Å². The quantitative estimate of drug-likeness (QED) is 0.484. The standard InChI is InChI=1S/C18H17N3O4S2/c1-12-6-4-8-14(21(22)23)17(12)27(24,25)20-11-5-9-15(20)18-19-13-7-2-3-10-16(13)26-18/h2-4,6-8,10,15H,5,9,11H2,1H3. The zero-order valence-electron chi connectivity index (χ0n) is 14.5. The molecule has 1 unspecified atom stereocenters. The molecule has 0 bridgehead atoms. The number of hydrogen-bond acceptors (Lipinski definition) is 6. The third kappa shape index (κ3) is 3.01. The van der Waals surface area contributed by atoms with Gasteiger partial charge < -0.3 is 0 Å².